The van der Waals surface area contributed by atoms with E-state index in [1.807, 2.05) is 36.4 Å². The monoisotopic (exact) mass is 404 g/mol. The summed E-state index contributed by atoms with van der Waals surface area (Å²) in [4.78, 5) is 12.3. The van der Waals surface area contributed by atoms with Crippen molar-refractivity contribution in [1.29, 1.82) is 0 Å². The molecule has 7 heteroatoms. The van der Waals surface area contributed by atoms with E-state index in [1.54, 1.807) is 43.7 Å². The quantitative estimate of drug-likeness (QED) is 0.479. The Morgan fingerprint density at radius 1 is 1.03 bits per heavy atom. The summed E-state index contributed by atoms with van der Waals surface area (Å²) >= 11 is 0. The zero-order valence-corrected chi connectivity index (χ0v) is 16.3. The van der Waals surface area contributed by atoms with Crippen LogP contribution in [0.15, 0.2) is 71.8 Å². The number of methoxy groups -OCH3 is 1. The standard InChI is InChI=1S/C23H20N2O5/c1-27-19-9-7-17(11-21(19)28-14-16-5-3-2-4-6-16)13-24-25-23(26)18-8-10-20-22(12-18)30-15-29-20/h2-13H,14-15H2,1H3,(H,25,26)/b24-13-. The van der Waals surface area contributed by atoms with Gasteiger partial charge in [0.25, 0.3) is 5.91 Å². The second kappa shape index (κ2) is 9.00. The molecule has 1 aliphatic heterocycles. The second-order valence-electron chi connectivity index (χ2n) is 6.45. The molecule has 0 spiro atoms. The lowest BCUT2D eigenvalue weighted by atomic mass is 10.2. The number of amides is 1. The molecule has 0 atom stereocenters. The fraction of sp³-hybridized carbons (Fsp3) is 0.130. The Morgan fingerprint density at radius 3 is 2.70 bits per heavy atom. The highest BCUT2D eigenvalue weighted by molar-refractivity contribution is 5.95. The minimum absolute atomic E-state index is 0.157. The summed E-state index contributed by atoms with van der Waals surface area (Å²) in [6, 6.07) is 20.2. The van der Waals surface area contributed by atoms with Crippen LogP contribution in [0, 0.1) is 0 Å². The maximum absolute atomic E-state index is 12.3. The highest BCUT2D eigenvalue weighted by Gasteiger charge is 2.15. The van der Waals surface area contributed by atoms with Crippen LogP contribution >= 0.6 is 0 Å². The van der Waals surface area contributed by atoms with Gasteiger partial charge in [0.1, 0.15) is 6.61 Å². The molecule has 4 rings (SSSR count). The normalized spacial score (nSPS) is 12.0. The fourth-order valence-electron chi connectivity index (χ4n) is 2.89. The summed E-state index contributed by atoms with van der Waals surface area (Å²) in [5.41, 5.74) is 4.74. The summed E-state index contributed by atoms with van der Waals surface area (Å²) < 4.78 is 21.8. The molecule has 1 amide bonds. The smallest absolute Gasteiger partial charge is 0.271 e. The van der Waals surface area contributed by atoms with E-state index in [-0.39, 0.29) is 12.7 Å². The number of nitrogens with zero attached hydrogens (tertiary/aromatic N) is 1. The number of ether oxygens (including phenoxy) is 4. The van der Waals surface area contributed by atoms with Crippen LogP contribution in [0.4, 0.5) is 0 Å². The molecule has 1 N–H and O–H groups in total. The van der Waals surface area contributed by atoms with Gasteiger partial charge in [0.15, 0.2) is 23.0 Å². The molecule has 152 valence electrons. The van der Waals surface area contributed by atoms with Gasteiger partial charge >= 0.3 is 0 Å². The van der Waals surface area contributed by atoms with E-state index in [4.69, 9.17) is 18.9 Å². The molecule has 0 saturated heterocycles. The molecule has 0 saturated carbocycles. The van der Waals surface area contributed by atoms with Crippen LogP contribution in [0.5, 0.6) is 23.0 Å². The van der Waals surface area contributed by atoms with Crippen LogP contribution in [0.25, 0.3) is 0 Å². The molecular weight excluding hydrogens is 384 g/mol. The Labute approximate surface area is 173 Å². The van der Waals surface area contributed by atoms with Gasteiger partial charge in [-0.1, -0.05) is 30.3 Å². The van der Waals surface area contributed by atoms with Gasteiger partial charge in [-0.15, -0.1) is 0 Å². The average molecular weight is 404 g/mol. The SMILES string of the molecule is COc1ccc(/C=N\NC(=O)c2ccc3c(c2)OCO3)cc1OCc1ccccc1. The molecule has 0 aliphatic carbocycles. The molecule has 1 heterocycles. The Hall–Kier alpha value is -4.00. The van der Waals surface area contributed by atoms with Gasteiger partial charge in [-0.2, -0.15) is 5.10 Å². The number of hydrogen-bond donors (Lipinski definition) is 1. The minimum Gasteiger partial charge on any atom is -0.493 e. The number of benzene rings is 3. The van der Waals surface area contributed by atoms with E-state index in [2.05, 4.69) is 10.5 Å². The van der Waals surface area contributed by atoms with E-state index >= 15 is 0 Å². The lowest BCUT2D eigenvalue weighted by Crippen LogP contribution is -2.17. The van der Waals surface area contributed by atoms with Crippen molar-refractivity contribution in [2.45, 2.75) is 6.61 Å². The Balaban J connectivity index is 1.41. The number of nitrogens with one attached hydrogen (secondary N) is 1. The van der Waals surface area contributed by atoms with Gasteiger partial charge in [0, 0.05) is 5.56 Å². The van der Waals surface area contributed by atoms with Crippen molar-refractivity contribution < 1.29 is 23.7 Å². The Bertz CT molecular complexity index is 1070. The number of fused-ring (bicyclic) bond motifs is 1. The highest BCUT2D eigenvalue weighted by Crippen LogP contribution is 2.32. The molecule has 7 nitrogen and oxygen atoms in total. The van der Waals surface area contributed by atoms with Crippen molar-refractivity contribution in [2.24, 2.45) is 5.10 Å². The Morgan fingerprint density at radius 2 is 1.87 bits per heavy atom. The van der Waals surface area contributed by atoms with Crippen molar-refractivity contribution in [3.8, 4) is 23.0 Å². The lowest BCUT2D eigenvalue weighted by Gasteiger charge is -2.11. The molecule has 30 heavy (non-hydrogen) atoms. The van der Waals surface area contributed by atoms with E-state index in [1.165, 1.54) is 0 Å². The first-order valence-electron chi connectivity index (χ1n) is 9.31. The summed E-state index contributed by atoms with van der Waals surface area (Å²) in [6.07, 6.45) is 1.54. The van der Waals surface area contributed by atoms with Crippen LogP contribution in [0.3, 0.4) is 0 Å². The molecule has 1 aliphatic rings. The number of hydrazone groups is 1. The van der Waals surface area contributed by atoms with Crippen molar-refractivity contribution in [1.82, 2.24) is 5.43 Å². The van der Waals surface area contributed by atoms with E-state index < -0.39 is 0 Å². The molecular formula is C23H20N2O5. The van der Waals surface area contributed by atoms with Gasteiger partial charge in [-0.05, 0) is 47.5 Å². The molecule has 0 aromatic heterocycles. The fourth-order valence-corrected chi connectivity index (χ4v) is 2.89. The van der Waals surface area contributed by atoms with Gasteiger partial charge < -0.3 is 18.9 Å². The molecule has 3 aromatic carbocycles. The van der Waals surface area contributed by atoms with Crippen molar-refractivity contribution in [2.75, 3.05) is 13.9 Å². The topological polar surface area (TPSA) is 78.4 Å². The Kier molecular flexibility index (Phi) is 5.80. The van der Waals surface area contributed by atoms with Crippen molar-refractivity contribution in [3.05, 3.63) is 83.4 Å². The molecule has 0 unspecified atom stereocenters. The summed E-state index contributed by atoms with van der Waals surface area (Å²) in [5, 5.41) is 4.03. The van der Waals surface area contributed by atoms with Crippen LogP contribution in [-0.4, -0.2) is 26.0 Å². The largest absolute Gasteiger partial charge is 0.493 e. The third-order valence-electron chi connectivity index (χ3n) is 4.44. The maximum Gasteiger partial charge on any atom is 0.271 e. The predicted octanol–water partition coefficient (Wildman–Crippen LogP) is 3.77. The van der Waals surface area contributed by atoms with Gasteiger partial charge in [0.2, 0.25) is 6.79 Å². The summed E-state index contributed by atoms with van der Waals surface area (Å²) in [6.45, 7) is 0.573. The molecule has 3 aromatic rings. The van der Waals surface area contributed by atoms with Crippen molar-refractivity contribution >= 4 is 12.1 Å². The number of hydrogen-bond acceptors (Lipinski definition) is 6. The molecule has 0 bridgehead atoms. The minimum atomic E-state index is -0.349. The first-order chi connectivity index (χ1) is 14.7. The number of carbonyl (C=O) groups excluding carboxylic acids is 1. The van der Waals surface area contributed by atoms with Crippen LogP contribution in [0.1, 0.15) is 21.5 Å². The molecule has 0 fully saturated rings. The van der Waals surface area contributed by atoms with Crippen LogP contribution in [-0.2, 0) is 6.61 Å². The highest BCUT2D eigenvalue weighted by atomic mass is 16.7. The molecule has 0 radical (unpaired) electrons. The van der Waals surface area contributed by atoms with E-state index in [9.17, 15) is 4.79 Å². The second-order valence-corrected chi connectivity index (χ2v) is 6.45. The van der Waals surface area contributed by atoms with Crippen molar-refractivity contribution in [3.63, 3.8) is 0 Å². The third-order valence-corrected chi connectivity index (χ3v) is 4.44. The van der Waals surface area contributed by atoms with Gasteiger partial charge in [0.05, 0.1) is 13.3 Å². The number of rotatable bonds is 7. The number of carbonyl (C=O) groups is 1. The maximum atomic E-state index is 12.3. The summed E-state index contributed by atoms with van der Waals surface area (Å²) in [7, 11) is 1.59. The van der Waals surface area contributed by atoms with E-state index in [0.717, 1.165) is 11.1 Å². The first-order valence-corrected chi connectivity index (χ1v) is 9.31. The first kappa shape index (κ1) is 19.3. The summed E-state index contributed by atoms with van der Waals surface area (Å²) in [5.74, 6) is 2.02. The predicted molar refractivity (Wildman–Crippen MR) is 111 cm³/mol. The van der Waals surface area contributed by atoms with Gasteiger partial charge in [-0.25, -0.2) is 5.43 Å². The lowest BCUT2D eigenvalue weighted by molar-refractivity contribution is 0.0954. The average Bonchev–Trinajstić information content (AvgIpc) is 3.26. The van der Waals surface area contributed by atoms with E-state index in [0.29, 0.717) is 35.2 Å². The third kappa shape index (κ3) is 4.52. The van der Waals surface area contributed by atoms with Crippen LogP contribution in [0.2, 0.25) is 0 Å². The zero-order valence-electron chi connectivity index (χ0n) is 16.3. The zero-order chi connectivity index (χ0) is 20.8. The van der Waals surface area contributed by atoms with Gasteiger partial charge in [-0.3, -0.25) is 4.79 Å². The van der Waals surface area contributed by atoms with Crippen LogP contribution < -0.4 is 24.4 Å².